The van der Waals surface area contributed by atoms with Crippen LogP contribution in [0.1, 0.15) is 75.8 Å². The minimum atomic E-state index is -0.475. The molecule has 8 atom stereocenters. The first kappa shape index (κ1) is 22.4. The van der Waals surface area contributed by atoms with Gasteiger partial charge in [-0.2, -0.15) is 0 Å². The van der Waals surface area contributed by atoms with Gasteiger partial charge in [0.15, 0.2) is 0 Å². The van der Waals surface area contributed by atoms with Crippen molar-refractivity contribution in [1.29, 1.82) is 0 Å². The van der Waals surface area contributed by atoms with Crippen LogP contribution in [0.25, 0.3) is 11.3 Å². The molecule has 35 heavy (non-hydrogen) atoms. The monoisotopic (exact) mass is 480 g/mol. The van der Waals surface area contributed by atoms with Crippen LogP contribution < -0.4 is 0 Å². The van der Waals surface area contributed by atoms with Crippen LogP contribution in [0, 0.1) is 34.9 Å². The molecule has 2 N–H and O–H groups in total. The summed E-state index contributed by atoms with van der Waals surface area (Å²) in [7, 11) is 0. The Hall–Kier alpha value is -1.76. The predicted molar refractivity (Wildman–Crippen MR) is 130 cm³/mol. The third-order valence-corrected chi connectivity index (χ3v) is 10.5. The maximum Gasteiger partial charge on any atom is 0.129 e. The highest BCUT2D eigenvalue weighted by Gasteiger charge is 2.63. The van der Waals surface area contributed by atoms with Crippen molar-refractivity contribution in [2.24, 2.45) is 29.1 Å². The molecule has 6 heteroatoms. The van der Waals surface area contributed by atoms with Gasteiger partial charge in [0, 0.05) is 11.1 Å². The number of rotatable bonds is 7. The standard InChI is InChI=1S/C29H37FN2O3/c30-22-8-4-7-20-24-14-31-16-32(24)23(27(20)22)10-26(34)29-11-18-9-19(12-29)28(21(18)13-29)35-15-25(33)17-5-2-1-3-6-17/h4,7-8,14,16-19,21,23,25-26,28,33-34H,1-3,5-6,9-13,15H2. The molecule has 1 aromatic carbocycles. The Morgan fingerprint density at radius 2 is 1.94 bits per heavy atom. The Labute approximate surface area is 206 Å². The largest absolute Gasteiger partial charge is 0.392 e. The first-order valence-corrected chi connectivity index (χ1v) is 13.8. The van der Waals surface area contributed by atoms with Crippen LogP contribution in [-0.2, 0) is 4.74 Å². The third-order valence-electron chi connectivity index (χ3n) is 10.5. The molecule has 5 aliphatic carbocycles. The number of nitrogens with zero attached hydrogens (tertiary/aromatic N) is 2. The molecule has 0 saturated heterocycles. The smallest absolute Gasteiger partial charge is 0.129 e. The van der Waals surface area contributed by atoms with E-state index < -0.39 is 6.10 Å². The van der Waals surface area contributed by atoms with Crippen molar-refractivity contribution in [2.75, 3.05) is 6.61 Å². The lowest BCUT2D eigenvalue weighted by Crippen LogP contribution is -2.45. The van der Waals surface area contributed by atoms with Gasteiger partial charge in [0.1, 0.15) is 5.82 Å². The molecule has 0 radical (unpaired) electrons. The molecule has 1 aromatic heterocycles. The molecule has 5 saturated carbocycles. The minimum Gasteiger partial charge on any atom is -0.392 e. The molecule has 4 bridgehead atoms. The number of ether oxygens (including phenoxy) is 1. The molecule has 6 aliphatic rings. The van der Waals surface area contributed by atoms with E-state index >= 15 is 0 Å². The summed E-state index contributed by atoms with van der Waals surface area (Å²) < 4.78 is 23.4. The average molecular weight is 481 g/mol. The number of aliphatic hydroxyl groups is 2. The Morgan fingerprint density at radius 1 is 1.11 bits per heavy atom. The fraction of sp³-hybridized carbons (Fsp3) is 0.690. The lowest BCUT2D eigenvalue weighted by Gasteiger charge is -2.45. The lowest BCUT2D eigenvalue weighted by atomic mass is 9.64. The van der Waals surface area contributed by atoms with Crippen molar-refractivity contribution >= 4 is 0 Å². The topological polar surface area (TPSA) is 67.5 Å². The molecule has 2 heterocycles. The number of benzene rings is 1. The van der Waals surface area contributed by atoms with Crippen LogP contribution in [0.15, 0.2) is 30.7 Å². The number of fused-ring (bicyclic) bond motifs is 3. The number of hydrogen-bond donors (Lipinski definition) is 2. The average Bonchev–Trinajstić information content (AvgIpc) is 3.58. The summed E-state index contributed by atoms with van der Waals surface area (Å²) in [6, 6.07) is 5.04. The zero-order chi connectivity index (χ0) is 23.7. The van der Waals surface area contributed by atoms with Crippen molar-refractivity contribution in [3.8, 4) is 11.3 Å². The molecule has 5 nitrogen and oxygen atoms in total. The number of halogens is 1. The van der Waals surface area contributed by atoms with Crippen molar-refractivity contribution in [2.45, 2.75) is 88.6 Å². The van der Waals surface area contributed by atoms with E-state index in [0.717, 1.165) is 43.4 Å². The molecule has 8 unspecified atom stereocenters. The molecule has 8 rings (SSSR count). The fourth-order valence-electron chi connectivity index (χ4n) is 9.02. The van der Waals surface area contributed by atoms with Gasteiger partial charge < -0.3 is 19.5 Å². The van der Waals surface area contributed by atoms with E-state index in [1.165, 1.54) is 31.7 Å². The highest BCUT2D eigenvalue weighted by Crippen LogP contribution is 2.67. The Kier molecular flexibility index (Phi) is 5.38. The van der Waals surface area contributed by atoms with Gasteiger partial charge in [-0.1, -0.05) is 31.4 Å². The lowest BCUT2D eigenvalue weighted by molar-refractivity contribution is -0.104. The number of hydrogen-bond acceptors (Lipinski definition) is 4. The van der Waals surface area contributed by atoms with Crippen molar-refractivity contribution < 1.29 is 19.3 Å². The molecule has 5 fully saturated rings. The summed E-state index contributed by atoms with van der Waals surface area (Å²) in [6.07, 6.45) is 13.7. The van der Waals surface area contributed by atoms with E-state index in [1.54, 1.807) is 18.6 Å². The second-order valence-electron chi connectivity index (χ2n) is 12.3. The highest BCUT2D eigenvalue weighted by atomic mass is 19.1. The minimum absolute atomic E-state index is 0.0884. The maximum atomic E-state index is 14.9. The zero-order valence-corrected chi connectivity index (χ0v) is 20.4. The van der Waals surface area contributed by atoms with E-state index in [0.29, 0.717) is 42.3 Å². The maximum absolute atomic E-state index is 14.9. The van der Waals surface area contributed by atoms with Gasteiger partial charge in [-0.25, -0.2) is 9.37 Å². The summed E-state index contributed by atoms with van der Waals surface area (Å²) in [5.74, 6) is 1.77. The summed E-state index contributed by atoms with van der Waals surface area (Å²) in [5.41, 5.74) is 2.45. The van der Waals surface area contributed by atoms with Gasteiger partial charge in [-0.3, -0.25) is 0 Å². The number of aliphatic hydroxyl groups excluding tert-OH is 2. The van der Waals surface area contributed by atoms with Crippen LogP contribution in [0.3, 0.4) is 0 Å². The normalized spacial score (nSPS) is 36.9. The molecular formula is C29H37FN2O3. The molecular weight excluding hydrogens is 443 g/mol. The Bertz CT molecular complexity index is 1090. The van der Waals surface area contributed by atoms with E-state index in [4.69, 9.17) is 4.74 Å². The zero-order valence-electron chi connectivity index (χ0n) is 20.4. The van der Waals surface area contributed by atoms with Gasteiger partial charge in [-0.15, -0.1) is 0 Å². The SMILES string of the molecule is OC(COC1C2CC3CC(C(O)CC4c5c(F)cccc5-c5cncn54)(C2)CC31)C1CCCCC1. The predicted octanol–water partition coefficient (Wildman–Crippen LogP) is 5.11. The fourth-order valence-corrected chi connectivity index (χ4v) is 9.02. The molecule has 0 spiro atoms. The van der Waals surface area contributed by atoms with Gasteiger partial charge in [0.25, 0.3) is 0 Å². The summed E-state index contributed by atoms with van der Waals surface area (Å²) in [5, 5.41) is 22.4. The van der Waals surface area contributed by atoms with Gasteiger partial charge in [0.05, 0.1) is 49.2 Å². The van der Waals surface area contributed by atoms with E-state index in [1.807, 2.05) is 10.6 Å². The number of imidazole rings is 1. The summed E-state index contributed by atoms with van der Waals surface area (Å²) in [6.45, 7) is 0.464. The summed E-state index contributed by atoms with van der Waals surface area (Å²) in [4.78, 5) is 4.31. The molecule has 2 aromatic rings. The van der Waals surface area contributed by atoms with Gasteiger partial charge in [-0.05, 0) is 80.1 Å². The number of aromatic nitrogens is 2. The van der Waals surface area contributed by atoms with Gasteiger partial charge >= 0.3 is 0 Å². The van der Waals surface area contributed by atoms with Crippen LogP contribution >= 0.6 is 0 Å². The second kappa shape index (κ2) is 8.39. The molecule has 0 amide bonds. The first-order valence-electron chi connectivity index (χ1n) is 13.8. The second-order valence-corrected chi connectivity index (χ2v) is 12.3. The van der Waals surface area contributed by atoms with Crippen LogP contribution in [0.5, 0.6) is 0 Å². The molecule has 188 valence electrons. The third kappa shape index (κ3) is 3.47. The van der Waals surface area contributed by atoms with Crippen LogP contribution in [0.4, 0.5) is 4.39 Å². The van der Waals surface area contributed by atoms with E-state index in [9.17, 15) is 14.6 Å². The quantitative estimate of drug-likeness (QED) is 0.578. The molecule has 1 aliphatic heterocycles. The summed E-state index contributed by atoms with van der Waals surface area (Å²) >= 11 is 0. The van der Waals surface area contributed by atoms with Gasteiger partial charge in [0.2, 0.25) is 0 Å². The van der Waals surface area contributed by atoms with E-state index in [2.05, 4.69) is 4.98 Å². The van der Waals surface area contributed by atoms with Crippen molar-refractivity contribution in [3.63, 3.8) is 0 Å². The van der Waals surface area contributed by atoms with Crippen LogP contribution in [0.2, 0.25) is 0 Å². The highest BCUT2D eigenvalue weighted by molar-refractivity contribution is 5.69. The Morgan fingerprint density at radius 3 is 2.77 bits per heavy atom. The first-order chi connectivity index (χ1) is 17.0. The Balaban J connectivity index is 1.05. The van der Waals surface area contributed by atoms with Crippen molar-refractivity contribution in [1.82, 2.24) is 9.55 Å². The van der Waals surface area contributed by atoms with E-state index in [-0.39, 0.29) is 29.5 Å². The van der Waals surface area contributed by atoms with Crippen LogP contribution in [-0.4, -0.2) is 44.7 Å². The van der Waals surface area contributed by atoms with Crippen molar-refractivity contribution in [3.05, 3.63) is 42.1 Å².